The van der Waals surface area contributed by atoms with Crippen LogP contribution in [0.1, 0.15) is 6.42 Å². The third-order valence-electron chi connectivity index (χ3n) is 2.73. The standard InChI is InChI=1S/C14H22N2O4/c1-16(9-12(17)10-19-2)14(18)7-8-20-13-5-3-11(15)4-6-13/h3-6,12,17H,7-10,15H2,1-2H3. The van der Waals surface area contributed by atoms with Crippen LogP contribution < -0.4 is 10.5 Å². The van der Waals surface area contributed by atoms with Crippen LogP contribution in [0.4, 0.5) is 5.69 Å². The average molecular weight is 282 g/mol. The lowest BCUT2D eigenvalue weighted by Crippen LogP contribution is -2.36. The topological polar surface area (TPSA) is 85.0 Å². The zero-order chi connectivity index (χ0) is 15.0. The van der Waals surface area contributed by atoms with Gasteiger partial charge in [-0.1, -0.05) is 0 Å². The Morgan fingerprint density at radius 3 is 2.65 bits per heavy atom. The summed E-state index contributed by atoms with van der Waals surface area (Å²) in [7, 11) is 3.15. The Balaban J connectivity index is 2.26. The Morgan fingerprint density at radius 1 is 1.40 bits per heavy atom. The van der Waals surface area contributed by atoms with Gasteiger partial charge in [-0.2, -0.15) is 0 Å². The van der Waals surface area contributed by atoms with Gasteiger partial charge >= 0.3 is 0 Å². The number of hydrogen-bond donors (Lipinski definition) is 2. The van der Waals surface area contributed by atoms with E-state index in [1.54, 1.807) is 31.3 Å². The molecule has 0 saturated carbocycles. The monoisotopic (exact) mass is 282 g/mol. The van der Waals surface area contributed by atoms with Crippen LogP contribution in [0.3, 0.4) is 0 Å². The summed E-state index contributed by atoms with van der Waals surface area (Å²) in [5, 5.41) is 9.54. The van der Waals surface area contributed by atoms with Gasteiger partial charge in [-0.05, 0) is 24.3 Å². The predicted molar refractivity (Wildman–Crippen MR) is 76.5 cm³/mol. The van der Waals surface area contributed by atoms with E-state index < -0.39 is 6.10 Å². The molecule has 0 fully saturated rings. The highest BCUT2D eigenvalue weighted by molar-refractivity contribution is 5.76. The highest BCUT2D eigenvalue weighted by atomic mass is 16.5. The molecule has 0 aliphatic carbocycles. The molecule has 1 aromatic rings. The van der Waals surface area contributed by atoms with Gasteiger partial charge in [-0.25, -0.2) is 0 Å². The molecule has 3 N–H and O–H groups in total. The Kier molecular flexibility index (Phi) is 6.83. The maximum Gasteiger partial charge on any atom is 0.225 e. The van der Waals surface area contributed by atoms with Crippen molar-refractivity contribution in [2.75, 3.05) is 39.6 Å². The molecule has 6 heteroatoms. The molecule has 0 spiro atoms. The Labute approximate surface area is 119 Å². The van der Waals surface area contributed by atoms with Crippen molar-refractivity contribution < 1.29 is 19.4 Å². The van der Waals surface area contributed by atoms with Gasteiger partial charge in [0.2, 0.25) is 5.91 Å². The molecule has 1 unspecified atom stereocenters. The van der Waals surface area contributed by atoms with Gasteiger partial charge in [-0.15, -0.1) is 0 Å². The van der Waals surface area contributed by atoms with Gasteiger partial charge < -0.3 is 25.2 Å². The van der Waals surface area contributed by atoms with E-state index in [-0.39, 0.29) is 32.1 Å². The first kappa shape index (κ1) is 16.3. The van der Waals surface area contributed by atoms with E-state index in [9.17, 15) is 9.90 Å². The number of methoxy groups -OCH3 is 1. The third kappa shape index (κ3) is 5.90. The smallest absolute Gasteiger partial charge is 0.225 e. The molecule has 0 bridgehead atoms. The fraction of sp³-hybridized carbons (Fsp3) is 0.500. The summed E-state index contributed by atoms with van der Waals surface area (Å²) >= 11 is 0. The number of nitrogens with zero attached hydrogens (tertiary/aromatic N) is 1. The van der Waals surface area contributed by atoms with Gasteiger partial charge in [-0.3, -0.25) is 4.79 Å². The largest absolute Gasteiger partial charge is 0.493 e. The van der Waals surface area contributed by atoms with Crippen molar-refractivity contribution in [1.82, 2.24) is 4.90 Å². The second-order valence-electron chi connectivity index (χ2n) is 4.55. The molecular formula is C14H22N2O4. The second kappa shape index (κ2) is 8.39. The van der Waals surface area contributed by atoms with Crippen molar-refractivity contribution in [3.63, 3.8) is 0 Å². The lowest BCUT2D eigenvalue weighted by molar-refractivity contribution is -0.132. The molecule has 0 aromatic heterocycles. The van der Waals surface area contributed by atoms with E-state index in [0.29, 0.717) is 11.4 Å². The summed E-state index contributed by atoms with van der Waals surface area (Å²) in [6.45, 7) is 0.738. The maximum absolute atomic E-state index is 11.8. The molecule has 0 heterocycles. The van der Waals surface area contributed by atoms with Crippen molar-refractivity contribution in [3.05, 3.63) is 24.3 Å². The van der Waals surface area contributed by atoms with E-state index >= 15 is 0 Å². The Hall–Kier alpha value is -1.79. The fourth-order valence-electron chi connectivity index (χ4n) is 1.67. The minimum Gasteiger partial charge on any atom is -0.493 e. The summed E-state index contributed by atoms with van der Waals surface area (Å²) in [5.41, 5.74) is 6.23. The van der Waals surface area contributed by atoms with Crippen molar-refractivity contribution in [3.8, 4) is 5.75 Å². The van der Waals surface area contributed by atoms with E-state index in [4.69, 9.17) is 15.2 Å². The van der Waals surface area contributed by atoms with E-state index in [2.05, 4.69) is 0 Å². The van der Waals surface area contributed by atoms with E-state index in [1.807, 2.05) is 0 Å². The normalized spacial score (nSPS) is 11.9. The quantitative estimate of drug-likeness (QED) is 0.678. The van der Waals surface area contributed by atoms with Crippen molar-refractivity contribution in [2.24, 2.45) is 0 Å². The molecule has 6 nitrogen and oxygen atoms in total. The summed E-state index contributed by atoms with van der Waals surface area (Å²) < 4.78 is 10.3. The Morgan fingerprint density at radius 2 is 2.05 bits per heavy atom. The van der Waals surface area contributed by atoms with Crippen molar-refractivity contribution >= 4 is 11.6 Å². The van der Waals surface area contributed by atoms with Crippen molar-refractivity contribution in [1.29, 1.82) is 0 Å². The van der Waals surface area contributed by atoms with Gasteiger partial charge in [0, 0.05) is 26.4 Å². The van der Waals surface area contributed by atoms with Gasteiger partial charge in [0.25, 0.3) is 0 Å². The SMILES string of the molecule is COCC(O)CN(C)C(=O)CCOc1ccc(N)cc1. The average Bonchev–Trinajstić information content (AvgIpc) is 2.41. The molecule has 1 aromatic carbocycles. The number of nitrogen functional groups attached to an aromatic ring is 1. The Bertz CT molecular complexity index is 408. The molecule has 0 saturated heterocycles. The number of aliphatic hydroxyl groups excluding tert-OH is 1. The lowest BCUT2D eigenvalue weighted by Gasteiger charge is -2.20. The fourth-order valence-corrected chi connectivity index (χ4v) is 1.67. The zero-order valence-corrected chi connectivity index (χ0v) is 11.9. The maximum atomic E-state index is 11.8. The van der Waals surface area contributed by atoms with E-state index in [0.717, 1.165) is 0 Å². The van der Waals surface area contributed by atoms with Crippen LogP contribution in [0.25, 0.3) is 0 Å². The van der Waals surface area contributed by atoms with Crippen LogP contribution in [0.5, 0.6) is 5.75 Å². The summed E-state index contributed by atoms with van der Waals surface area (Å²) in [6, 6.07) is 6.99. The summed E-state index contributed by atoms with van der Waals surface area (Å²) in [6.07, 6.45) is -0.424. The first-order valence-electron chi connectivity index (χ1n) is 6.42. The molecule has 1 rings (SSSR count). The molecule has 112 valence electrons. The molecular weight excluding hydrogens is 260 g/mol. The number of ether oxygens (including phenoxy) is 2. The van der Waals surface area contributed by atoms with Gasteiger partial charge in [0.05, 0.1) is 25.7 Å². The number of carbonyl (C=O) groups excluding carboxylic acids is 1. The number of nitrogens with two attached hydrogens (primary N) is 1. The molecule has 1 amide bonds. The number of benzene rings is 1. The van der Waals surface area contributed by atoms with E-state index in [1.165, 1.54) is 12.0 Å². The highest BCUT2D eigenvalue weighted by Gasteiger charge is 2.13. The van der Waals surface area contributed by atoms with Gasteiger partial charge in [0.1, 0.15) is 5.75 Å². The van der Waals surface area contributed by atoms with Gasteiger partial charge in [0.15, 0.2) is 0 Å². The number of aliphatic hydroxyl groups is 1. The van der Waals surface area contributed by atoms with Crippen LogP contribution in [-0.4, -0.2) is 55.9 Å². The van der Waals surface area contributed by atoms with Crippen molar-refractivity contribution in [2.45, 2.75) is 12.5 Å². The molecule has 0 aliphatic rings. The first-order chi connectivity index (χ1) is 9.52. The van der Waals surface area contributed by atoms with Crippen LogP contribution in [-0.2, 0) is 9.53 Å². The number of amides is 1. The molecule has 0 radical (unpaired) electrons. The number of likely N-dealkylation sites (N-methyl/N-ethyl adjacent to an activating group) is 1. The number of anilines is 1. The predicted octanol–water partition coefficient (Wildman–Crippen LogP) is 0.503. The first-order valence-corrected chi connectivity index (χ1v) is 6.42. The van der Waals surface area contributed by atoms with Crippen LogP contribution in [0, 0.1) is 0 Å². The zero-order valence-electron chi connectivity index (χ0n) is 11.9. The third-order valence-corrected chi connectivity index (χ3v) is 2.73. The number of hydrogen-bond acceptors (Lipinski definition) is 5. The van der Waals surface area contributed by atoms with Crippen LogP contribution >= 0.6 is 0 Å². The molecule has 0 aliphatic heterocycles. The minimum absolute atomic E-state index is 0.0874. The lowest BCUT2D eigenvalue weighted by atomic mass is 10.3. The van der Waals surface area contributed by atoms with Crippen LogP contribution in [0.15, 0.2) is 24.3 Å². The summed E-state index contributed by atoms with van der Waals surface area (Å²) in [4.78, 5) is 13.3. The number of carbonyl (C=O) groups is 1. The summed E-state index contributed by atoms with van der Waals surface area (Å²) in [5.74, 6) is 0.588. The highest BCUT2D eigenvalue weighted by Crippen LogP contribution is 2.13. The molecule has 20 heavy (non-hydrogen) atoms. The van der Waals surface area contributed by atoms with Crippen LogP contribution in [0.2, 0.25) is 0 Å². The molecule has 1 atom stereocenters. The number of rotatable bonds is 8. The minimum atomic E-state index is -0.674. The second-order valence-corrected chi connectivity index (χ2v) is 4.55.